The van der Waals surface area contributed by atoms with E-state index in [2.05, 4.69) is 15.4 Å². The van der Waals surface area contributed by atoms with E-state index >= 15 is 0 Å². The molecule has 2 heterocycles. The Bertz CT molecular complexity index is 1330. The molecule has 190 valence electrons. The van der Waals surface area contributed by atoms with Crippen molar-refractivity contribution in [2.75, 3.05) is 0 Å². The van der Waals surface area contributed by atoms with E-state index in [0.717, 1.165) is 29.7 Å². The Morgan fingerprint density at radius 1 is 1.19 bits per heavy atom. The zero-order chi connectivity index (χ0) is 25.7. The fourth-order valence-corrected chi connectivity index (χ4v) is 5.21. The highest BCUT2D eigenvalue weighted by atomic mass is 19.4. The Hall–Kier alpha value is -3.70. The number of nitrogens with zero attached hydrogens (tertiary/aromatic N) is 3. The van der Waals surface area contributed by atoms with Crippen molar-refractivity contribution in [1.82, 2.24) is 20.1 Å². The van der Waals surface area contributed by atoms with Crippen LogP contribution in [0.25, 0.3) is 10.9 Å². The first-order valence-corrected chi connectivity index (χ1v) is 11.5. The molecule has 36 heavy (non-hydrogen) atoms. The smallest absolute Gasteiger partial charge is 0.390 e. The lowest BCUT2D eigenvalue weighted by Crippen LogP contribution is -2.58. The highest BCUT2D eigenvalue weighted by Gasteiger charge is 2.54. The second-order valence-corrected chi connectivity index (χ2v) is 9.55. The van der Waals surface area contributed by atoms with Crippen molar-refractivity contribution in [3.8, 4) is 5.88 Å². The van der Waals surface area contributed by atoms with Crippen LogP contribution in [-0.2, 0) is 6.54 Å². The second-order valence-electron chi connectivity index (χ2n) is 9.55. The molecule has 2 aliphatic carbocycles. The summed E-state index contributed by atoms with van der Waals surface area (Å²) in [6.45, 7) is -0.515. The molecule has 0 bridgehead atoms. The lowest BCUT2D eigenvalue weighted by molar-refractivity contribution is -0.137. The number of hydrogen-bond donors (Lipinski definition) is 2. The fourth-order valence-electron chi connectivity index (χ4n) is 5.21. The van der Waals surface area contributed by atoms with Crippen LogP contribution in [0.2, 0.25) is 0 Å². The van der Waals surface area contributed by atoms with Gasteiger partial charge in [0.2, 0.25) is 5.88 Å². The summed E-state index contributed by atoms with van der Waals surface area (Å²) in [4.78, 5) is 28.5. The fraction of sp³-hybridized carbons (Fsp3) is 0.417. The minimum atomic E-state index is -4.41. The molecule has 8 nitrogen and oxygen atoms in total. The van der Waals surface area contributed by atoms with Crippen molar-refractivity contribution in [2.45, 2.75) is 57.0 Å². The van der Waals surface area contributed by atoms with Crippen LogP contribution < -0.4 is 15.8 Å². The Kier molecular flexibility index (Phi) is 5.84. The third kappa shape index (κ3) is 4.71. The molecule has 0 atom stereocenters. The summed E-state index contributed by atoms with van der Waals surface area (Å²) >= 11 is 0. The minimum absolute atomic E-state index is 0.0154. The molecule has 0 saturated heterocycles. The van der Waals surface area contributed by atoms with Gasteiger partial charge >= 0.3 is 6.18 Å². The van der Waals surface area contributed by atoms with Crippen molar-refractivity contribution >= 4 is 22.7 Å². The lowest BCUT2D eigenvalue weighted by Gasteiger charge is -2.57. The van der Waals surface area contributed by atoms with Crippen molar-refractivity contribution in [1.29, 1.82) is 0 Å². The van der Waals surface area contributed by atoms with Gasteiger partial charge in [0.1, 0.15) is 17.5 Å². The quantitative estimate of drug-likeness (QED) is 0.475. The molecule has 5 rings (SSSR count). The number of amides is 2. The summed E-state index contributed by atoms with van der Waals surface area (Å²) in [5.41, 5.74) is 5.70. The normalized spacial score (nSPS) is 23.2. The van der Waals surface area contributed by atoms with Crippen LogP contribution in [0.5, 0.6) is 5.88 Å². The maximum absolute atomic E-state index is 13.7. The van der Waals surface area contributed by atoms with E-state index in [-0.39, 0.29) is 40.2 Å². The van der Waals surface area contributed by atoms with E-state index < -0.39 is 36.8 Å². The minimum Gasteiger partial charge on any atom is -0.474 e. The van der Waals surface area contributed by atoms with E-state index in [0.29, 0.717) is 18.2 Å². The van der Waals surface area contributed by atoms with Crippen LogP contribution in [0.4, 0.5) is 17.6 Å². The lowest BCUT2D eigenvalue weighted by atomic mass is 9.53. The van der Waals surface area contributed by atoms with Gasteiger partial charge in [0.05, 0.1) is 18.5 Å². The Labute approximate surface area is 202 Å². The molecule has 0 unspecified atom stereocenters. The van der Waals surface area contributed by atoms with E-state index in [1.807, 2.05) is 0 Å². The molecule has 0 radical (unpaired) electrons. The number of pyridine rings is 1. The monoisotopic (exact) mass is 505 g/mol. The first kappa shape index (κ1) is 24.0. The highest BCUT2D eigenvalue weighted by molar-refractivity contribution is 6.05. The van der Waals surface area contributed by atoms with Gasteiger partial charge in [-0.25, -0.2) is 9.37 Å². The number of benzene rings is 1. The van der Waals surface area contributed by atoms with Gasteiger partial charge in [-0.05, 0) is 61.4 Å². The first-order valence-electron chi connectivity index (χ1n) is 11.5. The van der Waals surface area contributed by atoms with E-state index in [4.69, 9.17) is 10.5 Å². The first-order chi connectivity index (χ1) is 17.0. The van der Waals surface area contributed by atoms with Crippen molar-refractivity contribution in [3.63, 3.8) is 0 Å². The molecule has 2 fully saturated rings. The summed E-state index contributed by atoms with van der Waals surface area (Å²) in [7, 11) is 0. The van der Waals surface area contributed by atoms with Crippen molar-refractivity contribution in [3.05, 3.63) is 53.6 Å². The second kappa shape index (κ2) is 8.75. The zero-order valence-corrected chi connectivity index (χ0v) is 19.0. The molecule has 2 aromatic heterocycles. The number of primary amides is 1. The van der Waals surface area contributed by atoms with Gasteiger partial charge in [0.15, 0.2) is 5.69 Å². The van der Waals surface area contributed by atoms with E-state index in [1.165, 1.54) is 12.3 Å². The Morgan fingerprint density at radius 3 is 2.64 bits per heavy atom. The molecule has 2 aliphatic rings. The predicted molar refractivity (Wildman–Crippen MR) is 120 cm³/mol. The third-order valence-corrected chi connectivity index (χ3v) is 6.87. The van der Waals surface area contributed by atoms with E-state index in [9.17, 15) is 27.2 Å². The molecule has 3 aromatic rings. The number of carbonyl (C=O) groups is 2. The summed E-state index contributed by atoms with van der Waals surface area (Å²) in [5, 5.41) is 7.26. The number of halogens is 4. The number of aryl methyl sites for hydroxylation is 1. The topological polar surface area (TPSA) is 112 Å². The van der Waals surface area contributed by atoms with Crippen molar-refractivity contribution in [2.24, 2.45) is 11.1 Å². The number of alkyl halides is 3. The average molecular weight is 505 g/mol. The number of ether oxygens (including phenoxy) is 1. The summed E-state index contributed by atoms with van der Waals surface area (Å²) in [6.07, 6.45) is -1.24. The number of nitrogens with two attached hydrogens (primary N) is 1. The van der Waals surface area contributed by atoms with Gasteiger partial charge in [0, 0.05) is 17.6 Å². The maximum atomic E-state index is 13.7. The highest BCUT2D eigenvalue weighted by Crippen LogP contribution is 2.56. The number of fused-ring (bicyclic) bond motifs is 1. The molecule has 3 N–H and O–H groups in total. The standard InChI is InChI=1S/C24H23F4N5O3/c25-13-3-4-16-18(8-13)33(7-5-24(26,27)28)32-19(16)21(35)31-14-9-23(10-14)11-15(12-23)36-22-17(20(29)34)2-1-6-30-22/h1-4,6,8,14-15H,5,7,9-12H2,(H2,29,34)(H,31,35). The Balaban J connectivity index is 1.19. The summed E-state index contributed by atoms with van der Waals surface area (Å²) in [6, 6.07) is 6.61. The zero-order valence-electron chi connectivity index (χ0n) is 19.0. The van der Waals surface area contributed by atoms with Crippen LogP contribution in [0, 0.1) is 11.2 Å². The molecular formula is C24H23F4N5O3. The largest absolute Gasteiger partial charge is 0.474 e. The molecule has 2 amide bonds. The summed E-state index contributed by atoms with van der Waals surface area (Å²) in [5.74, 6) is -1.55. The molecular weight excluding hydrogens is 482 g/mol. The molecule has 12 heteroatoms. The van der Waals surface area contributed by atoms with E-state index in [1.54, 1.807) is 12.1 Å². The molecule has 2 saturated carbocycles. The third-order valence-electron chi connectivity index (χ3n) is 6.87. The molecule has 0 aliphatic heterocycles. The number of hydrogen-bond acceptors (Lipinski definition) is 5. The molecule has 1 aromatic carbocycles. The number of aromatic nitrogens is 3. The van der Waals surface area contributed by atoms with Crippen molar-refractivity contribution < 1.29 is 31.9 Å². The number of carbonyl (C=O) groups excluding carboxylic acids is 2. The Morgan fingerprint density at radius 2 is 1.94 bits per heavy atom. The molecule has 1 spiro atoms. The van der Waals surface area contributed by atoms with Gasteiger partial charge in [-0.1, -0.05) is 0 Å². The van der Waals surface area contributed by atoms with Gasteiger partial charge in [-0.3, -0.25) is 14.3 Å². The van der Waals surface area contributed by atoms with Crippen LogP contribution in [0.3, 0.4) is 0 Å². The number of nitrogens with one attached hydrogen (secondary N) is 1. The van der Waals surface area contributed by atoms with Gasteiger partial charge in [-0.2, -0.15) is 18.3 Å². The van der Waals surface area contributed by atoms with Crippen LogP contribution >= 0.6 is 0 Å². The summed E-state index contributed by atoms with van der Waals surface area (Å²) < 4.78 is 58.7. The van der Waals surface area contributed by atoms with Gasteiger partial charge in [0.25, 0.3) is 11.8 Å². The van der Waals surface area contributed by atoms with Gasteiger partial charge in [-0.15, -0.1) is 0 Å². The SMILES string of the molecule is NC(=O)c1cccnc1OC1CC2(CC(NC(=O)c3nn(CCC(F)(F)F)c4cc(F)ccc34)C2)C1. The average Bonchev–Trinajstić information content (AvgIpc) is 3.12. The number of rotatable bonds is 7. The van der Waals surface area contributed by atoms with Crippen LogP contribution in [0.1, 0.15) is 53.0 Å². The maximum Gasteiger partial charge on any atom is 0.390 e. The predicted octanol–water partition coefficient (Wildman–Crippen LogP) is 3.74. The van der Waals surface area contributed by atoms with Gasteiger partial charge < -0.3 is 15.8 Å². The van der Waals surface area contributed by atoms with Crippen LogP contribution in [0.15, 0.2) is 36.5 Å². The van der Waals surface area contributed by atoms with Crippen LogP contribution in [-0.4, -0.2) is 44.9 Å².